The first-order valence-electron chi connectivity index (χ1n) is 12.4. The van der Waals surface area contributed by atoms with Crippen LogP contribution in [0.5, 0.6) is 0 Å². The van der Waals surface area contributed by atoms with Gasteiger partial charge in [0.15, 0.2) is 0 Å². The largest absolute Gasteiger partial charge is 2.00 e. The summed E-state index contributed by atoms with van der Waals surface area (Å²) in [4.78, 5) is 19.8. The average Bonchev–Trinajstić information content (AvgIpc) is 2.77. The van der Waals surface area contributed by atoms with E-state index in [1.807, 2.05) is 12.6 Å². The van der Waals surface area contributed by atoms with Gasteiger partial charge in [-0.2, -0.15) is 21.3 Å². The summed E-state index contributed by atoms with van der Waals surface area (Å²) in [6.07, 6.45) is 28.7. The van der Waals surface area contributed by atoms with Crippen molar-refractivity contribution in [1.29, 1.82) is 0 Å². The quantitative estimate of drug-likeness (QED) is 0.0394. The Labute approximate surface area is 214 Å². The van der Waals surface area contributed by atoms with Gasteiger partial charge in [0.05, 0.1) is 0 Å². The Hall–Kier alpha value is -0.311. The molecule has 0 spiro atoms. The van der Waals surface area contributed by atoms with Crippen LogP contribution in [0.2, 0.25) is 0 Å². The normalized spacial score (nSPS) is 10.2. The van der Waals surface area contributed by atoms with Crippen molar-refractivity contribution in [3.8, 4) is 0 Å². The molecule has 0 bridgehead atoms. The molecule has 0 saturated carbocycles. The van der Waals surface area contributed by atoms with Crippen molar-refractivity contribution in [1.82, 2.24) is 0 Å². The minimum atomic E-state index is -4.61. The second-order valence-corrected chi connectivity index (χ2v) is 8.95. The number of unbranched alkanes of at least 4 members (excludes halogenated alkanes) is 18. The minimum absolute atomic E-state index is 0. The van der Waals surface area contributed by atoms with Crippen molar-refractivity contribution in [3.05, 3.63) is 0 Å². The van der Waals surface area contributed by atoms with E-state index in [1.54, 1.807) is 0 Å². The Balaban J connectivity index is -0.000000201. The maximum absolute atomic E-state index is 9.89. The summed E-state index contributed by atoms with van der Waals surface area (Å²) in [7, 11) is -4.61. The molecule has 0 rings (SSSR count). The van der Waals surface area contributed by atoms with Gasteiger partial charge in [-0.15, -0.1) is 0 Å². The third-order valence-electron chi connectivity index (χ3n) is 4.86. The molecule has 0 atom stereocenters. The molecule has 0 amide bonds. The van der Waals surface area contributed by atoms with Crippen LogP contribution in [0.4, 0.5) is 0 Å². The van der Waals surface area contributed by atoms with Crippen LogP contribution in [0.25, 0.3) is 0 Å². The second kappa shape index (κ2) is 36.3. The molecule has 0 aliphatic carbocycles. The van der Waals surface area contributed by atoms with Crippen molar-refractivity contribution < 1.29 is 49.2 Å². The molecule has 0 unspecified atom stereocenters. The van der Waals surface area contributed by atoms with Crippen molar-refractivity contribution >= 4 is 23.0 Å². The van der Waals surface area contributed by atoms with Crippen molar-refractivity contribution in [3.63, 3.8) is 0 Å². The summed E-state index contributed by atoms with van der Waals surface area (Å²) >= 11 is 0. The maximum Gasteiger partial charge on any atom is 2.00 e. The van der Waals surface area contributed by atoms with Crippen molar-refractivity contribution in [2.75, 3.05) is 0 Å². The third kappa shape index (κ3) is 54.3. The minimum Gasteiger partial charge on any atom is -0.542 e. The second-order valence-electron chi connectivity index (χ2n) is 7.95. The van der Waals surface area contributed by atoms with Crippen LogP contribution in [0, 0.1) is 0 Å². The number of carbonyl (C=O) groups excluding carboxylic acids is 2. The van der Waals surface area contributed by atoms with Crippen LogP contribution >= 0.6 is 0 Å². The molecule has 0 saturated heterocycles. The van der Waals surface area contributed by atoms with E-state index >= 15 is 0 Å². The van der Waals surface area contributed by atoms with Crippen LogP contribution in [0.3, 0.4) is 0 Å². The van der Waals surface area contributed by atoms with Gasteiger partial charge in [0.2, 0.25) is 0 Å². The van der Waals surface area contributed by atoms with E-state index in [4.69, 9.17) is 18.2 Å². The molecule has 0 aromatic rings. The van der Waals surface area contributed by atoms with Gasteiger partial charge in [-0.1, -0.05) is 134 Å². The van der Waals surface area contributed by atoms with E-state index in [0.29, 0.717) is 12.8 Å². The molecule has 0 heterocycles. The predicted octanol–water partition coefficient (Wildman–Crippen LogP) is 7.31. The molecule has 0 aliphatic heterocycles. The number of rotatable bonds is 21. The predicted molar refractivity (Wildman–Crippen MR) is 130 cm³/mol. The standard InChI is InChI=1S/2C12H23O.Fe.H2O5S/c2*1-2-3-4-5-6-7-8-9-10-11-12-13;;1-5-6(2,3)4/h2*2-11H2,1H3;;1H,(H,2,3,4)/q2*-1;+2;. The van der Waals surface area contributed by atoms with Crippen molar-refractivity contribution in [2.45, 2.75) is 142 Å². The SMILES string of the molecule is CCCCCCCCCCC[C-]=O.CCCCCCCCCCC[C-]=O.O=S(=O)(O)OO.[Fe+2]. The van der Waals surface area contributed by atoms with E-state index in [9.17, 15) is 9.59 Å². The van der Waals surface area contributed by atoms with Gasteiger partial charge >= 0.3 is 27.5 Å². The molecule has 2 N–H and O–H groups in total. The van der Waals surface area contributed by atoms with Gasteiger partial charge < -0.3 is 9.59 Å². The molecule has 0 radical (unpaired) electrons. The Kier molecular flexibility index (Phi) is 43.8. The third-order valence-corrected chi connectivity index (χ3v) is 5.05. The number of hydrogen-bond donors (Lipinski definition) is 2. The molecule has 0 aromatic heterocycles. The van der Waals surface area contributed by atoms with Crippen LogP contribution in [-0.4, -0.2) is 30.8 Å². The van der Waals surface area contributed by atoms with E-state index < -0.39 is 10.4 Å². The molecule has 7 nitrogen and oxygen atoms in total. The van der Waals surface area contributed by atoms with Crippen LogP contribution in [-0.2, 0) is 41.4 Å². The summed E-state index contributed by atoms with van der Waals surface area (Å²) in [5.74, 6) is 0. The number of hydrogen-bond acceptors (Lipinski definition) is 6. The molecule has 33 heavy (non-hydrogen) atoms. The maximum atomic E-state index is 9.89. The molecule has 200 valence electrons. The smallest absolute Gasteiger partial charge is 0.542 e. The molecular formula is C24H48FeO7S. The Morgan fingerprint density at radius 2 is 0.788 bits per heavy atom. The van der Waals surface area contributed by atoms with E-state index in [1.165, 1.54) is 103 Å². The van der Waals surface area contributed by atoms with Crippen LogP contribution < -0.4 is 0 Å². The van der Waals surface area contributed by atoms with Crippen LogP contribution in [0.15, 0.2) is 0 Å². The summed E-state index contributed by atoms with van der Waals surface area (Å²) in [6, 6.07) is 0. The molecule has 9 heteroatoms. The Morgan fingerprint density at radius 1 is 0.576 bits per heavy atom. The fourth-order valence-corrected chi connectivity index (χ4v) is 3.02. The fourth-order valence-electron chi connectivity index (χ4n) is 3.02. The molecule has 0 aromatic carbocycles. The summed E-state index contributed by atoms with van der Waals surface area (Å²) in [6.45, 7) is 4.49. The zero-order valence-corrected chi connectivity index (χ0v) is 22.8. The summed E-state index contributed by atoms with van der Waals surface area (Å²) in [5, 5.41) is 7.06. The van der Waals surface area contributed by atoms with Crippen molar-refractivity contribution in [2.24, 2.45) is 0 Å². The van der Waals surface area contributed by atoms with E-state index in [-0.39, 0.29) is 17.1 Å². The molecule has 0 fully saturated rings. The molecular weight excluding hydrogens is 488 g/mol. The van der Waals surface area contributed by atoms with Gasteiger partial charge in [0, 0.05) is 0 Å². The summed E-state index contributed by atoms with van der Waals surface area (Å²) < 4.78 is 28.0. The topological polar surface area (TPSA) is 118 Å². The van der Waals surface area contributed by atoms with E-state index in [0.717, 1.165) is 12.8 Å². The zero-order valence-electron chi connectivity index (χ0n) is 20.8. The first kappa shape index (κ1) is 39.9. The van der Waals surface area contributed by atoms with Gasteiger partial charge in [-0.3, -0.25) is 17.1 Å². The monoisotopic (exact) mass is 536 g/mol. The Morgan fingerprint density at radius 3 is 0.970 bits per heavy atom. The fraction of sp³-hybridized carbons (Fsp3) is 0.917. The Bertz CT molecular complexity index is 434. The van der Waals surface area contributed by atoms with E-state index in [2.05, 4.69) is 18.2 Å². The van der Waals surface area contributed by atoms with Gasteiger partial charge in [-0.25, -0.2) is 5.26 Å². The van der Waals surface area contributed by atoms with Gasteiger partial charge in [0.1, 0.15) is 0 Å². The first-order valence-corrected chi connectivity index (χ1v) is 13.8. The zero-order chi connectivity index (χ0) is 24.8. The summed E-state index contributed by atoms with van der Waals surface area (Å²) in [5.41, 5.74) is 0. The van der Waals surface area contributed by atoms with Crippen LogP contribution in [0.1, 0.15) is 142 Å². The van der Waals surface area contributed by atoms with Gasteiger partial charge in [-0.05, 0) is 0 Å². The molecule has 0 aliphatic rings. The average molecular weight is 537 g/mol. The first-order chi connectivity index (χ1) is 15.4. The van der Waals surface area contributed by atoms with Gasteiger partial charge in [0.25, 0.3) is 0 Å².